The average molecular weight is 1310 g/mol. The van der Waals surface area contributed by atoms with Crippen LogP contribution in [0.25, 0.3) is 33.5 Å². The highest BCUT2D eigenvalue weighted by Crippen LogP contribution is 2.37. The zero-order valence-corrected chi connectivity index (χ0v) is 52.0. The van der Waals surface area contributed by atoms with Gasteiger partial charge in [-0.1, -0.05) is 16.8 Å². The molecular formula is C60H72ClF2N19O11. The molecule has 0 radical (unpaired) electrons. The lowest BCUT2D eigenvalue weighted by atomic mass is 9.85. The molecule has 1 saturated heterocycles. The number of nitriles is 1. The van der Waals surface area contributed by atoms with Crippen LogP contribution in [0.15, 0.2) is 53.8 Å². The normalized spacial score (nSPS) is 15.7. The fourth-order valence-electron chi connectivity index (χ4n) is 10.4. The van der Waals surface area contributed by atoms with Gasteiger partial charge in [-0.15, -0.1) is 5.10 Å². The van der Waals surface area contributed by atoms with Gasteiger partial charge in [-0.25, -0.2) is 48.2 Å². The Hall–Kier alpha value is -9.10. The highest BCUT2D eigenvalue weighted by molar-refractivity contribution is 6.35. The van der Waals surface area contributed by atoms with E-state index in [0.717, 1.165) is 0 Å². The van der Waals surface area contributed by atoms with Crippen molar-refractivity contribution in [3.8, 4) is 17.3 Å². The van der Waals surface area contributed by atoms with Crippen molar-refractivity contribution in [1.29, 1.82) is 5.26 Å². The first-order valence-electron chi connectivity index (χ1n) is 30.3. The number of nitrogen functional groups attached to an aromatic ring is 1. The summed E-state index contributed by atoms with van der Waals surface area (Å²) in [6.45, 7) is 8.49. The van der Waals surface area contributed by atoms with Gasteiger partial charge >= 0.3 is 5.97 Å². The summed E-state index contributed by atoms with van der Waals surface area (Å²) in [5.41, 5.74) is 8.49. The molecule has 2 atom stereocenters. The smallest absolute Gasteiger partial charge is 0.326 e. The van der Waals surface area contributed by atoms with Gasteiger partial charge in [-0.3, -0.25) is 24.2 Å². The third kappa shape index (κ3) is 19.2. The number of aliphatic carboxylic acids is 1. The number of carbonyl (C=O) groups excluding carboxylic acids is 3. The number of anilines is 3. The number of amides is 3. The molecule has 0 unspecified atom stereocenters. The molecule has 2 fully saturated rings. The molecule has 1 aliphatic carbocycles. The molecule has 1 aromatic carbocycles. The van der Waals surface area contributed by atoms with Crippen LogP contribution in [-0.2, 0) is 62.6 Å². The SMILES string of the molecule is Cc1nc2cc(F)c(-c3cnc(N4CCN(C(=O)COCCn5cc(COCCOCCOCCOCCNC(=O)CC[C@H](NC(=O)C6CCC(NCc7cnc8nc(N)[nH]c(=O)c8n7)CC6)C(=O)O)nn5)CC4)nc3)nc2c(N[C@@H](C)c2cc(C#N)ccc2F)c1Cl. The van der Waals surface area contributed by atoms with Crippen LogP contribution in [0.3, 0.4) is 0 Å². The van der Waals surface area contributed by atoms with Crippen molar-refractivity contribution in [1.82, 2.24) is 75.7 Å². The number of carboxylic acid groups (broad SMARTS) is 1. The number of aryl methyl sites for hydroxylation is 1. The Morgan fingerprint density at radius 3 is 2.30 bits per heavy atom. The molecule has 2 aliphatic rings. The largest absolute Gasteiger partial charge is 0.480 e. The summed E-state index contributed by atoms with van der Waals surface area (Å²) in [6, 6.07) is 5.54. The lowest BCUT2D eigenvalue weighted by molar-refractivity contribution is -0.143. The number of H-pyrrole nitrogens is 1. The summed E-state index contributed by atoms with van der Waals surface area (Å²) in [5, 5.41) is 39.5. The van der Waals surface area contributed by atoms with E-state index in [1.807, 2.05) is 11.0 Å². The number of piperazine rings is 1. The standard InChI is InChI=1S/C60H72ClF2N19O11/c1-35(43-25-37(27-64)3-8-44(43)62)72-53-50(61)36(2)71-47-26-45(63)51(75-52(47)53)39-28-69-60(70-29-39)81-14-12-80(13-15-81)49(84)34-92-18-16-82-32-42(78-79-82)33-93-24-23-91-22-21-90-20-19-89-17-11-66-48(83)10-9-46(58(87)88)74-56(85)38-4-6-40(7-5-38)67-30-41-31-68-55-54(73-41)57(86)77-59(65)76-55/h3,8,25-26,28-29,31-32,35,38,40,46,67H,4-7,9-24,30,33-34H2,1-2H3,(H,66,83)(H,71,72)(H,74,85)(H,87,88)(H3,65,68,76,77,86)/t35-,38?,40?,46-/m0/s1. The predicted octanol–water partition coefficient (Wildman–Crippen LogP) is 3.32. The zero-order chi connectivity index (χ0) is 65.8. The molecule has 7 heterocycles. The number of ether oxygens (including phenoxy) is 5. The number of carboxylic acids is 1. The Morgan fingerprint density at radius 2 is 1.58 bits per heavy atom. The lowest BCUT2D eigenvalue weighted by Gasteiger charge is -2.34. The molecule has 0 bridgehead atoms. The fourth-order valence-corrected chi connectivity index (χ4v) is 10.6. The first-order chi connectivity index (χ1) is 45.0. The number of rotatable bonds is 33. The highest BCUT2D eigenvalue weighted by Gasteiger charge is 2.30. The number of aromatic nitrogens is 11. The predicted molar refractivity (Wildman–Crippen MR) is 332 cm³/mol. The van der Waals surface area contributed by atoms with E-state index in [2.05, 4.69) is 71.5 Å². The van der Waals surface area contributed by atoms with E-state index in [4.69, 9.17) is 41.0 Å². The molecule has 30 nitrogen and oxygen atoms in total. The number of aromatic amines is 1. The van der Waals surface area contributed by atoms with E-state index < -0.39 is 35.2 Å². The number of halogens is 3. The van der Waals surface area contributed by atoms with Crippen LogP contribution in [0.1, 0.15) is 79.7 Å². The Bertz CT molecular complexity index is 3830. The van der Waals surface area contributed by atoms with Crippen LogP contribution in [-0.4, -0.2) is 193 Å². The average Bonchev–Trinajstić information content (AvgIpc) is 1.14. The molecule has 494 valence electrons. The minimum absolute atomic E-state index is 0.0427. The summed E-state index contributed by atoms with van der Waals surface area (Å²) in [7, 11) is 0. The summed E-state index contributed by atoms with van der Waals surface area (Å²) in [6.07, 6.45) is 8.45. The van der Waals surface area contributed by atoms with Crippen LogP contribution < -0.4 is 37.5 Å². The highest BCUT2D eigenvalue weighted by atomic mass is 35.5. The second-order valence-electron chi connectivity index (χ2n) is 22.0. The van der Waals surface area contributed by atoms with Crippen LogP contribution in [0, 0.1) is 35.8 Å². The van der Waals surface area contributed by atoms with E-state index in [1.54, 1.807) is 29.6 Å². The van der Waals surface area contributed by atoms with Gasteiger partial charge in [0.25, 0.3) is 5.56 Å². The molecule has 0 spiro atoms. The van der Waals surface area contributed by atoms with E-state index in [0.29, 0.717) is 132 Å². The summed E-state index contributed by atoms with van der Waals surface area (Å²) in [4.78, 5) is 99.2. The van der Waals surface area contributed by atoms with Gasteiger partial charge in [0.05, 0.1) is 124 Å². The molecule has 1 aliphatic heterocycles. The molecule has 7 aromatic rings. The first kappa shape index (κ1) is 68.3. The van der Waals surface area contributed by atoms with E-state index in [1.165, 1.54) is 42.9 Å². The van der Waals surface area contributed by atoms with Gasteiger partial charge in [-0.2, -0.15) is 10.2 Å². The molecule has 3 amide bonds. The lowest BCUT2D eigenvalue weighted by Crippen LogP contribution is -2.50. The van der Waals surface area contributed by atoms with Crippen molar-refractivity contribution >= 4 is 75.1 Å². The topological polar surface area (TPSA) is 393 Å². The van der Waals surface area contributed by atoms with Gasteiger partial charge in [0, 0.05) is 87.2 Å². The van der Waals surface area contributed by atoms with Crippen molar-refractivity contribution in [2.24, 2.45) is 5.92 Å². The number of nitrogens with zero attached hydrogens (tertiary/aromatic N) is 13. The maximum Gasteiger partial charge on any atom is 0.326 e. The Morgan fingerprint density at radius 1 is 0.860 bits per heavy atom. The van der Waals surface area contributed by atoms with Crippen LogP contribution in [0.4, 0.5) is 26.4 Å². The Labute approximate surface area is 536 Å². The van der Waals surface area contributed by atoms with Gasteiger partial charge in [0.15, 0.2) is 17.0 Å². The van der Waals surface area contributed by atoms with Crippen LogP contribution >= 0.6 is 11.6 Å². The maximum atomic E-state index is 15.7. The quantitative estimate of drug-likeness (QED) is 0.0290. The fraction of sp³-hybridized carbons (Fsp3) is 0.483. The molecule has 93 heavy (non-hydrogen) atoms. The molecule has 33 heteroatoms. The van der Waals surface area contributed by atoms with Crippen LogP contribution in [0.5, 0.6) is 0 Å². The molecule has 6 aromatic heterocycles. The van der Waals surface area contributed by atoms with Gasteiger partial charge in [-0.05, 0) is 64.2 Å². The van der Waals surface area contributed by atoms with Crippen molar-refractivity contribution in [3.05, 3.63) is 104 Å². The second-order valence-corrected chi connectivity index (χ2v) is 22.4. The molecule has 8 N–H and O–H groups in total. The number of benzene rings is 1. The first-order valence-corrected chi connectivity index (χ1v) is 30.7. The van der Waals surface area contributed by atoms with Crippen molar-refractivity contribution in [2.45, 2.75) is 90.2 Å². The third-order valence-corrected chi connectivity index (χ3v) is 15.9. The zero-order valence-electron chi connectivity index (χ0n) is 51.2. The number of pyridine rings is 2. The number of hydrogen-bond donors (Lipinski definition) is 7. The molecule has 1 saturated carbocycles. The van der Waals surface area contributed by atoms with Gasteiger partial charge in [0.2, 0.25) is 29.6 Å². The van der Waals surface area contributed by atoms with Crippen molar-refractivity contribution in [3.63, 3.8) is 0 Å². The van der Waals surface area contributed by atoms with Gasteiger partial charge in [0.1, 0.15) is 35.4 Å². The number of nitrogens with two attached hydrogens (primary N) is 1. The number of hydrogen-bond acceptors (Lipinski definition) is 24. The van der Waals surface area contributed by atoms with Gasteiger partial charge < -0.3 is 65.6 Å². The van der Waals surface area contributed by atoms with E-state index in [9.17, 15) is 38.7 Å². The number of carbonyl (C=O) groups is 4. The minimum atomic E-state index is -1.22. The van der Waals surface area contributed by atoms with Crippen molar-refractivity contribution < 1.29 is 56.7 Å². The monoisotopic (exact) mass is 1310 g/mol. The van der Waals surface area contributed by atoms with E-state index in [-0.39, 0.29) is 132 Å². The summed E-state index contributed by atoms with van der Waals surface area (Å²) in [5.74, 6) is -3.29. The molecular weight excluding hydrogens is 1240 g/mol. The maximum absolute atomic E-state index is 15.7. The third-order valence-electron chi connectivity index (χ3n) is 15.4. The number of nitrogens with one attached hydrogen (secondary N) is 5. The summed E-state index contributed by atoms with van der Waals surface area (Å²) >= 11 is 6.71. The minimum Gasteiger partial charge on any atom is -0.480 e. The second kappa shape index (κ2) is 33.5. The Balaban J connectivity index is 0.561. The van der Waals surface area contributed by atoms with E-state index >= 15 is 4.39 Å². The van der Waals surface area contributed by atoms with Crippen molar-refractivity contribution in [2.75, 3.05) is 108 Å². The Kier molecular flexibility index (Phi) is 24.6. The summed E-state index contributed by atoms with van der Waals surface area (Å²) < 4.78 is 60.1. The number of fused-ring (bicyclic) bond motifs is 2. The molecule has 9 rings (SSSR count). The van der Waals surface area contributed by atoms with Crippen LogP contribution in [0.2, 0.25) is 5.02 Å².